The molecule has 0 radical (unpaired) electrons. The van der Waals surface area contributed by atoms with Crippen LogP contribution in [0.3, 0.4) is 0 Å². The Hall–Kier alpha value is -5.96. The molecule has 222 valence electrons. The van der Waals surface area contributed by atoms with Crippen LogP contribution >= 0.6 is 11.3 Å². The fourth-order valence-corrected chi connectivity index (χ4v) is 9.36. The normalized spacial score (nSPS) is 12.2. The van der Waals surface area contributed by atoms with E-state index in [-0.39, 0.29) is 0 Å². The lowest BCUT2D eigenvalue weighted by molar-refractivity contribution is 0.669. The van der Waals surface area contributed by atoms with Crippen LogP contribution in [-0.4, -0.2) is 0 Å². The minimum atomic E-state index is 0.942. The van der Waals surface area contributed by atoms with Crippen molar-refractivity contribution in [3.63, 3.8) is 0 Å². The summed E-state index contributed by atoms with van der Waals surface area (Å²) in [6, 6.07) is 57.8. The Morgan fingerprint density at radius 1 is 0.333 bits per heavy atom. The molecule has 0 amide bonds. The molecule has 0 unspecified atom stereocenters. The summed E-state index contributed by atoms with van der Waals surface area (Å²) in [5.74, 6) is 0. The summed E-state index contributed by atoms with van der Waals surface area (Å²) in [7, 11) is 0. The van der Waals surface area contributed by atoms with Crippen LogP contribution < -0.4 is 0 Å². The van der Waals surface area contributed by atoms with Crippen molar-refractivity contribution in [1.29, 1.82) is 0 Å². The second-order valence-electron chi connectivity index (χ2n) is 12.8. The van der Waals surface area contributed by atoms with Crippen molar-refractivity contribution in [2.45, 2.75) is 0 Å². The molecule has 11 rings (SSSR count). The van der Waals surface area contributed by atoms with Crippen molar-refractivity contribution in [3.8, 4) is 33.4 Å². The van der Waals surface area contributed by atoms with Gasteiger partial charge in [-0.05, 0) is 96.0 Å². The smallest absolute Gasteiger partial charge is 0.136 e. The van der Waals surface area contributed by atoms with Gasteiger partial charge in [0.2, 0.25) is 0 Å². The molecule has 9 aromatic carbocycles. The number of thiophene rings is 1. The molecular formula is C46H26OS. The van der Waals surface area contributed by atoms with Crippen molar-refractivity contribution in [2.24, 2.45) is 0 Å². The maximum Gasteiger partial charge on any atom is 0.136 e. The highest BCUT2D eigenvalue weighted by atomic mass is 32.1. The molecule has 48 heavy (non-hydrogen) atoms. The number of furan rings is 1. The molecule has 2 heterocycles. The first-order valence-corrected chi connectivity index (χ1v) is 17.2. The van der Waals surface area contributed by atoms with Crippen LogP contribution in [0.5, 0.6) is 0 Å². The standard InChI is InChI=1S/C46H26OS/c1-3-12-33-31(10-1)42(29-21-19-27(20-22-29)30-15-8-18-41-45(30)37-14-5-6-17-40(37)48-41)32-11-2-4-13-34(32)44(33)35-25-26-39-46-36(35)24-23-28-9-7-16-38(47-39)43(28)46/h1-26H. The molecule has 0 fully saturated rings. The summed E-state index contributed by atoms with van der Waals surface area (Å²) >= 11 is 1.87. The lowest BCUT2D eigenvalue weighted by atomic mass is 9.84. The van der Waals surface area contributed by atoms with Gasteiger partial charge in [-0.2, -0.15) is 0 Å². The Morgan fingerprint density at radius 2 is 0.958 bits per heavy atom. The van der Waals surface area contributed by atoms with Crippen molar-refractivity contribution >= 4 is 85.8 Å². The van der Waals surface area contributed by atoms with Gasteiger partial charge >= 0.3 is 0 Å². The first-order chi connectivity index (χ1) is 23.8. The molecule has 0 aliphatic carbocycles. The topological polar surface area (TPSA) is 13.1 Å². The molecule has 0 saturated heterocycles. The fourth-order valence-electron chi connectivity index (χ4n) is 8.23. The number of hydrogen-bond donors (Lipinski definition) is 0. The van der Waals surface area contributed by atoms with Gasteiger partial charge < -0.3 is 4.42 Å². The van der Waals surface area contributed by atoms with E-state index >= 15 is 0 Å². The molecule has 0 aliphatic heterocycles. The third kappa shape index (κ3) is 3.55. The van der Waals surface area contributed by atoms with Gasteiger partial charge in [0.25, 0.3) is 0 Å². The number of hydrogen-bond acceptors (Lipinski definition) is 2. The van der Waals surface area contributed by atoms with Crippen molar-refractivity contribution in [3.05, 3.63) is 158 Å². The number of rotatable bonds is 3. The molecule has 0 spiro atoms. The van der Waals surface area contributed by atoms with Gasteiger partial charge in [-0.15, -0.1) is 11.3 Å². The second-order valence-corrected chi connectivity index (χ2v) is 13.8. The third-order valence-corrected chi connectivity index (χ3v) is 11.4. The van der Waals surface area contributed by atoms with Crippen molar-refractivity contribution in [1.82, 2.24) is 0 Å². The molecule has 2 aromatic heterocycles. The minimum absolute atomic E-state index is 0.942. The molecule has 0 N–H and O–H groups in total. The Labute approximate surface area is 280 Å². The molecule has 0 bridgehead atoms. The highest BCUT2D eigenvalue weighted by molar-refractivity contribution is 7.25. The average Bonchev–Trinajstić information content (AvgIpc) is 3.73. The first-order valence-electron chi connectivity index (χ1n) is 16.4. The minimum Gasteiger partial charge on any atom is -0.456 e. The van der Waals surface area contributed by atoms with Gasteiger partial charge in [0.1, 0.15) is 11.2 Å². The van der Waals surface area contributed by atoms with E-state index in [0.717, 1.165) is 11.2 Å². The Morgan fingerprint density at radius 3 is 1.73 bits per heavy atom. The molecule has 0 saturated carbocycles. The van der Waals surface area contributed by atoms with E-state index in [0.29, 0.717) is 0 Å². The predicted octanol–water partition coefficient (Wildman–Crippen LogP) is 13.9. The van der Waals surface area contributed by atoms with E-state index in [1.54, 1.807) is 0 Å². The van der Waals surface area contributed by atoms with E-state index in [1.807, 2.05) is 11.3 Å². The largest absolute Gasteiger partial charge is 0.456 e. The van der Waals surface area contributed by atoms with Crippen molar-refractivity contribution < 1.29 is 4.42 Å². The van der Waals surface area contributed by atoms with E-state index in [2.05, 4.69) is 158 Å². The van der Waals surface area contributed by atoms with Gasteiger partial charge in [-0.1, -0.05) is 127 Å². The monoisotopic (exact) mass is 626 g/mol. The Bertz CT molecular complexity index is 2990. The highest BCUT2D eigenvalue weighted by Crippen LogP contribution is 2.48. The van der Waals surface area contributed by atoms with Gasteiger partial charge in [0, 0.05) is 30.9 Å². The third-order valence-electron chi connectivity index (χ3n) is 10.3. The van der Waals surface area contributed by atoms with Crippen LogP contribution in [0, 0.1) is 0 Å². The van der Waals surface area contributed by atoms with E-state index in [9.17, 15) is 0 Å². The van der Waals surface area contributed by atoms with Gasteiger partial charge in [0.15, 0.2) is 0 Å². The maximum atomic E-state index is 6.34. The summed E-state index contributed by atoms with van der Waals surface area (Å²) in [5, 5.41) is 12.6. The first kappa shape index (κ1) is 26.1. The van der Waals surface area contributed by atoms with E-state index < -0.39 is 0 Å². The SMILES string of the molecule is c1cc2ccc3c(-c4c5ccccc5c(-c5ccc(-c6cccc7sc8ccccc8c67)cc5)c5ccccc45)ccc4oc(c1)c2c43. The quantitative estimate of drug-likeness (QED) is 0.140. The second kappa shape index (κ2) is 9.78. The average molecular weight is 627 g/mol. The molecule has 11 aromatic rings. The summed E-state index contributed by atoms with van der Waals surface area (Å²) in [4.78, 5) is 0. The van der Waals surface area contributed by atoms with Gasteiger partial charge in [-0.25, -0.2) is 0 Å². The Kier molecular flexibility index (Phi) is 5.32. The molecule has 0 atom stereocenters. The van der Waals surface area contributed by atoms with Crippen LogP contribution in [0.1, 0.15) is 0 Å². The summed E-state index contributed by atoms with van der Waals surface area (Å²) in [6.45, 7) is 0. The van der Waals surface area contributed by atoms with Crippen LogP contribution in [0.4, 0.5) is 0 Å². The van der Waals surface area contributed by atoms with Crippen LogP contribution in [0.25, 0.3) is 108 Å². The Balaban J connectivity index is 1.15. The molecular weight excluding hydrogens is 601 g/mol. The zero-order chi connectivity index (χ0) is 31.3. The van der Waals surface area contributed by atoms with Gasteiger partial charge in [0.05, 0.1) is 0 Å². The molecule has 2 heteroatoms. The van der Waals surface area contributed by atoms with E-state index in [1.165, 1.54) is 96.6 Å². The summed E-state index contributed by atoms with van der Waals surface area (Å²) < 4.78 is 9.00. The number of benzene rings is 9. The van der Waals surface area contributed by atoms with Crippen LogP contribution in [0.2, 0.25) is 0 Å². The van der Waals surface area contributed by atoms with Crippen molar-refractivity contribution in [2.75, 3.05) is 0 Å². The van der Waals surface area contributed by atoms with E-state index in [4.69, 9.17) is 4.42 Å². The number of fused-ring (bicyclic) bond motifs is 5. The zero-order valence-electron chi connectivity index (χ0n) is 25.8. The molecule has 1 nitrogen and oxygen atoms in total. The van der Waals surface area contributed by atoms with Gasteiger partial charge in [-0.3, -0.25) is 0 Å². The van der Waals surface area contributed by atoms with Crippen LogP contribution in [0.15, 0.2) is 162 Å². The highest BCUT2D eigenvalue weighted by Gasteiger charge is 2.21. The summed E-state index contributed by atoms with van der Waals surface area (Å²) in [5.41, 5.74) is 9.42. The zero-order valence-corrected chi connectivity index (χ0v) is 26.6. The maximum absolute atomic E-state index is 6.34. The van der Waals surface area contributed by atoms with Crippen LogP contribution in [-0.2, 0) is 0 Å². The predicted molar refractivity (Wildman–Crippen MR) is 207 cm³/mol. The summed E-state index contributed by atoms with van der Waals surface area (Å²) in [6.07, 6.45) is 0. The fraction of sp³-hybridized carbons (Fsp3) is 0. The lowest BCUT2D eigenvalue weighted by Gasteiger charge is -2.19. The lowest BCUT2D eigenvalue weighted by Crippen LogP contribution is -1.92. The molecule has 0 aliphatic rings.